The van der Waals surface area contributed by atoms with E-state index in [1.165, 1.54) is 11.4 Å². The number of nitrogens with zero attached hydrogens (tertiary/aromatic N) is 2. The highest BCUT2D eigenvalue weighted by Crippen LogP contribution is 2.21. The molecule has 0 spiro atoms. The molecule has 2 aromatic carbocycles. The van der Waals surface area contributed by atoms with Crippen molar-refractivity contribution >= 4 is 27.3 Å². The maximum Gasteiger partial charge on any atom is 0.260 e. The first-order chi connectivity index (χ1) is 13.2. The summed E-state index contributed by atoms with van der Waals surface area (Å²) in [7, 11) is 0.130. The summed E-state index contributed by atoms with van der Waals surface area (Å²) in [5.41, 5.74) is 1.61. The average molecular weight is 406 g/mol. The van der Waals surface area contributed by atoms with Crippen LogP contribution in [0.3, 0.4) is 0 Å². The molecule has 2 rings (SSSR count). The predicted octanol–water partition coefficient (Wildman–Crippen LogP) is 2.10. The lowest BCUT2D eigenvalue weighted by molar-refractivity contribution is -0.127. The van der Waals surface area contributed by atoms with E-state index >= 15 is 0 Å². The lowest BCUT2D eigenvalue weighted by atomic mass is 10.3. The highest BCUT2D eigenvalue weighted by molar-refractivity contribution is 7.92. The Labute approximate surface area is 167 Å². The molecule has 0 aliphatic carbocycles. The Hall–Kier alpha value is -2.74. The van der Waals surface area contributed by atoms with Gasteiger partial charge in [0.15, 0.2) is 6.10 Å². The third-order valence-corrected chi connectivity index (χ3v) is 5.53. The molecule has 0 aromatic heterocycles. The Morgan fingerprint density at radius 2 is 1.64 bits per heavy atom. The normalized spacial score (nSPS) is 12.1. The first-order valence-electron chi connectivity index (χ1n) is 8.93. The smallest absolute Gasteiger partial charge is 0.260 e. The number of hydrogen-bond acceptors (Lipinski definition) is 5. The van der Waals surface area contributed by atoms with E-state index in [1.54, 1.807) is 31.2 Å². The van der Waals surface area contributed by atoms with E-state index in [2.05, 4.69) is 10.2 Å². The van der Waals surface area contributed by atoms with Gasteiger partial charge >= 0.3 is 0 Å². The summed E-state index contributed by atoms with van der Waals surface area (Å²) in [4.78, 5) is 14.3. The number of ether oxygens (including phenoxy) is 1. The Morgan fingerprint density at radius 3 is 2.21 bits per heavy atom. The largest absolute Gasteiger partial charge is 0.481 e. The average Bonchev–Trinajstić information content (AvgIpc) is 2.67. The van der Waals surface area contributed by atoms with Crippen molar-refractivity contribution < 1.29 is 17.9 Å². The first kappa shape index (κ1) is 21.6. The fourth-order valence-electron chi connectivity index (χ4n) is 2.49. The summed E-state index contributed by atoms with van der Waals surface area (Å²) in [6.07, 6.45) is 0.472. The van der Waals surface area contributed by atoms with E-state index in [0.29, 0.717) is 24.5 Å². The van der Waals surface area contributed by atoms with Gasteiger partial charge in [-0.3, -0.25) is 9.10 Å². The molecule has 28 heavy (non-hydrogen) atoms. The number of hydrogen-bond donors (Lipinski definition) is 1. The van der Waals surface area contributed by atoms with Gasteiger partial charge in [-0.2, -0.15) is 0 Å². The first-order valence-corrected chi connectivity index (χ1v) is 10.8. The van der Waals surface area contributed by atoms with Gasteiger partial charge in [0.1, 0.15) is 5.75 Å². The molecule has 1 unspecified atom stereocenters. The van der Waals surface area contributed by atoms with Gasteiger partial charge in [0, 0.05) is 32.9 Å². The molecule has 0 aliphatic rings. The second kappa shape index (κ2) is 9.45. The maximum atomic E-state index is 12.2. The van der Waals surface area contributed by atoms with Crippen molar-refractivity contribution in [3.05, 3.63) is 54.6 Å². The zero-order chi connectivity index (χ0) is 20.7. The lowest BCUT2D eigenvalue weighted by Crippen LogP contribution is -2.40. The Morgan fingerprint density at radius 1 is 1.04 bits per heavy atom. The van der Waals surface area contributed by atoms with Crippen LogP contribution < -0.4 is 19.3 Å². The minimum Gasteiger partial charge on any atom is -0.481 e. The van der Waals surface area contributed by atoms with E-state index in [1.807, 2.05) is 37.4 Å². The predicted molar refractivity (Wildman–Crippen MR) is 113 cm³/mol. The Kier molecular flexibility index (Phi) is 7.28. The van der Waals surface area contributed by atoms with Crippen molar-refractivity contribution in [3.8, 4) is 5.75 Å². The van der Waals surface area contributed by atoms with Crippen LogP contribution in [0.5, 0.6) is 5.75 Å². The number of likely N-dealkylation sites (N-methyl/N-ethyl adjacent to an activating group) is 1. The second-order valence-corrected chi connectivity index (χ2v) is 8.55. The highest BCUT2D eigenvalue weighted by atomic mass is 32.2. The number of rotatable bonds is 9. The molecule has 0 bridgehead atoms. The highest BCUT2D eigenvalue weighted by Gasteiger charge is 2.16. The fraction of sp³-hybridized carbons (Fsp3) is 0.350. The number of carbonyl (C=O) groups excluding carboxylic acids is 1. The van der Waals surface area contributed by atoms with Crippen LogP contribution in [-0.4, -0.2) is 53.9 Å². The van der Waals surface area contributed by atoms with Gasteiger partial charge in [-0.1, -0.05) is 18.2 Å². The summed E-state index contributed by atoms with van der Waals surface area (Å²) >= 11 is 0. The van der Waals surface area contributed by atoms with Gasteiger partial charge in [0.25, 0.3) is 5.91 Å². The van der Waals surface area contributed by atoms with Crippen LogP contribution in [0.25, 0.3) is 0 Å². The van der Waals surface area contributed by atoms with Gasteiger partial charge in [-0.15, -0.1) is 0 Å². The van der Waals surface area contributed by atoms with Crippen molar-refractivity contribution in [2.75, 3.05) is 42.6 Å². The van der Waals surface area contributed by atoms with E-state index < -0.39 is 16.1 Å². The van der Waals surface area contributed by atoms with Crippen molar-refractivity contribution in [2.45, 2.75) is 13.0 Å². The minimum absolute atomic E-state index is 0.209. The Balaban J connectivity index is 1.82. The van der Waals surface area contributed by atoms with Crippen LogP contribution in [0.4, 0.5) is 11.4 Å². The molecule has 1 amide bonds. The molecule has 8 heteroatoms. The van der Waals surface area contributed by atoms with Gasteiger partial charge in [0.2, 0.25) is 10.0 Å². The third kappa shape index (κ3) is 6.16. The van der Waals surface area contributed by atoms with Crippen LogP contribution in [0, 0.1) is 0 Å². The molecule has 152 valence electrons. The van der Waals surface area contributed by atoms with Gasteiger partial charge in [0.05, 0.1) is 11.9 Å². The number of nitrogens with one attached hydrogen (secondary N) is 1. The third-order valence-electron chi connectivity index (χ3n) is 4.32. The van der Waals surface area contributed by atoms with Crippen molar-refractivity contribution in [1.29, 1.82) is 0 Å². The molecule has 2 aromatic rings. The molecule has 1 N–H and O–H groups in total. The standard InChI is InChI=1S/C20H27N3O4S/c1-16(20(24)21-14-15-22(2)17-8-6-5-7-9-17)27-19-12-10-18(11-13-19)23(3)28(4,25)26/h5-13,16H,14-15H2,1-4H3,(H,21,24). The molecule has 7 nitrogen and oxygen atoms in total. The monoisotopic (exact) mass is 405 g/mol. The second-order valence-electron chi connectivity index (χ2n) is 6.53. The van der Waals surface area contributed by atoms with E-state index in [-0.39, 0.29) is 5.91 Å². The summed E-state index contributed by atoms with van der Waals surface area (Å²) in [5.74, 6) is 0.286. The zero-order valence-electron chi connectivity index (χ0n) is 16.6. The minimum atomic E-state index is -3.32. The van der Waals surface area contributed by atoms with Crippen LogP contribution >= 0.6 is 0 Å². The quantitative estimate of drug-likeness (QED) is 0.691. The number of benzene rings is 2. The lowest BCUT2D eigenvalue weighted by Gasteiger charge is -2.21. The summed E-state index contributed by atoms with van der Waals surface area (Å²) in [6, 6.07) is 16.5. The number of para-hydroxylation sites is 1. The topological polar surface area (TPSA) is 78.9 Å². The summed E-state index contributed by atoms with van der Waals surface area (Å²) in [5, 5.41) is 2.86. The molecule has 0 fully saturated rings. The fourth-order valence-corrected chi connectivity index (χ4v) is 2.99. The molecule has 0 saturated carbocycles. The maximum absolute atomic E-state index is 12.2. The number of carbonyl (C=O) groups is 1. The molecule has 0 saturated heterocycles. The summed E-state index contributed by atoms with van der Waals surface area (Å²) in [6.45, 7) is 2.85. The molecule has 0 aliphatic heterocycles. The van der Waals surface area contributed by atoms with Crippen LogP contribution in [0.1, 0.15) is 6.92 Å². The molecular weight excluding hydrogens is 378 g/mol. The van der Waals surface area contributed by atoms with Crippen molar-refractivity contribution in [2.24, 2.45) is 0 Å². The summed E-state index contributed by atoms with van der Waals surface area (Å²) < 4.78 is 29.9. The molecule has 0 heterocycles. The zero-order valence-corrected chi connectivity index (χ0v) is 17.4. The van der Waals surface area contributed by atoms with Crippen molar-refractivity contribution in [1.82, 2.24) is 5.32 Å². The Bertz CT molecular complexity index is 870. The molecule has 1 atom stereocenters. The van der Waals surface area contributed by atoms with E-state index in [0.717, 1.165) is 11.9 Å². The molecule has 0 radical (unpaired) electrons. The van der Waals surface area contributed by atoms with Gasteiger partial charge in [-0.05, 0) is 43.3 Å². The van der Waals surface area contributed by atoms with Gasteiger partial charge in [-0.25, -0.2) is 8.42 Å². The van der Waals surface area contributed by atoms with Gasteiger partial charge < -0.3 is 15.0 Å². The van der Waals surface area contributed by atoms with Crippen molar-refractivity contribution in [3.63, 3.8) is 0 Å². The SMILES string of the molecule is CC(Oc1ccc(N(C)S(C)(=O)=O)cc1)C(=O)NCCN(C)c1ccccc1. The van der Waals surface area contributed by atoms with E-state index in [4.69, 9.17) is 4.74 Å². The number of anilines is 2. The van der Waals surface area contributed by atoms with E-state index in [9.17, 15) is 13.2 Å². The number of sulfonamides is 1. The van der Waals surface area contributed by atoms with Crippen LogP contribution in [-0.2, 0) is 14.8 Å². The van der Waals surface area contributed by atoms with Crippen LogP contribution in [0.2, 0.25) is 0 Å². The van der Waals surface area contributed by atoms with Crippen LogP contribution in [0.15, 0.2) is 54.6 Å². The molecular formula is C20H27N3O4S. The number of amides is 1.